The fourth-order valence-corrected chi connectivity index (χ4v) is 11.2. The molecule has 0 atom stereocenters. The zero-order valence-corrected chi connectivity index (χ0v) is 33.1. The molecular weight excluding hydrogens is 721 g/mol. The average molecular weight is 761 g/mol. The number of nitrogens with zero attached hydrogens (tertiary/aromatic N) is 2. The molecule has 1 spiro atoms. The van der Waals surface area contributed by atoms with Crippen molar-refractivity contribution in [2.24, 2.45) is 0 Å². The van der Waals surface area contributed by atoms with Crippen LogP contribution in [0.15, 0.2) is 154 Å². The van der Waals surface area contributed by atoms with Crippen LogP contribution < -0.4 is 0 Å². The predicted molar refractivity (Wildman–Crippen MR) is 240 cm³/mol. The standard InChI is InChI=1S/C55H40N2O2/c1-54(2)43-20-9-7-16-35(43)40-31-46-41(30-45(40)54)39-28-33(22-24-44(39)55(46)26-11-4-12-27-55)34-23-25-48-42(29-34)36-18-13-19-38(51(36)58-48)50-52-49(37-17-8-10-21-47(37)59-52)56-53(57-50)32-14-5-3-6-15-32/h3,5-10,13-25,28-31H,4,11-12,26-27H2,1-2H3. The van der Waals surface area contributed by atoms with Crippen molar-refractivity contribution in [1.82, 2.24) is 9.97 Å². The number of fused-ring (bicyclic) bond motifs is 14. The van der Waals surface area contributed by atoms with Gasteiger partial charge < -0.3 is 8.83 Å². The van der Waals surface area contributed by atoms with Crippen molar-refractivity contribution < 1.29 is 8.83 Å². The van der Waals surface area contributed by atoms with Crippen LogP contribution in [0.4, 0.5) is 0 Å². The Labute approximate surface area is 342 Å². The smallest absolute Gasteiger partial charge is 0.180 e. The maximum absolute atomic E-state index is 6.78. The van der Waals surface area contributed by atoms with E-state index in [0.717, 1.165) is 55.2 Å². The summed E-state index contributed by atoms with van der Waals surface area (Å²) >= 11 is 0. The molecule has 0 aliphatic heterocycles. The number of benzene rings is 7. The van der Waals surface area contributed by atoms with Crippen LogP contribution in [0.5, 0.6) is 0 Å². The maximum atomic E-state index is 6.78. The molecule has 0 unspecified atom stereocenters. The van der Waals surface area contributed by atoms with Gasteiger partial charge in [0, 0.05) is 38.1 Å². The molecule has 4 nitrogen and oxygen atoms in total. The van der Waals surface area contributed by atoms with Gasteiger partial charge in [-0.25, -0.2) is 9.97 Å². The van der Waals surface area contributed by atoms with Gasteiger partial charge in [-0.2, -0.15) is 0 Å². The van der Waals surface area contributed by atoms with Crippen LogP contribution in [0.3, 0.4) is 0 Å². The number of hydrogen-bond donors (Lipinski definition) is 0. The van der Waals surface area contributed by atoms with Gasteiger partial charge in [-0.15, -0.1) is 0 Å². The number of para-hydroxylation sites is 2. The Balaban J connectivity index is 0.972. The molecule has 0 N–H and O–H groups in total. The van der Waals surface area contributed by atoms with E-state index in [1.807, 2.05) is 36.4 Å². The molecule has 1 fully saturated rings. The second-order valence-electron chi connectivity index (χ2n) is 17.6. The van der Waals surface area contributed by atoms with E-state index in [4.69, 9.17) is 18.8 Å². The first kappa shape index (κ1) is 33.2. The summed E-state index contributed by atoms with van der Waals surface area (Å²) in [6, 6.07) is 52.8. The Morgan fingerprint density at radius 2 is 1.12 bits per heavy atom. The minimum Gasteiger partial charge on any atom is -0.455 e. The molecular formula is C55H40N2O2. The monoisotopic (exact) mass is 760 g/mol. The first-order valence-corrected chi connectivity index (χ1v) is 21.1. The third-order valence-corrected chi connectivity index (χ3v) is 14.1. The lowest BCUT2D eigenvalue weighted by molar-refractivity contribution is 0.353. The van der Waals surface area contributed by atoms with E-state index in [-0.39, 0.29) is 10.8 Å². The van der Waals surface area contributed by atoms with Gasteiger partial charge in [0.25, 0.3) is 0 Å². The number of furan rings is 2. The highest BCUT2D eigenvalue weighted by atomic mass is 16.3. The van der Waals surface area contributed by atoms with Crippen molar-refractivity contribution in [2.75, 3.05) is 0 Å². The van der Waals surface area contributed by atoms with E-state index in [0.29, 0.717) is 11.4 Å². The predicted octanol–water partition coefficient (Wildman–Crippen LogP) is 14.8. The van der Waals surface area contributed by atoms with Gasteiger partial charge in [-0.05, 0) is 117 Å². The van der Waals surface area contributed by atoms with Gasteiger partial charge in [0.05, 0.1) is 0 Å². The lowest BCUT2D eigenvalue weighted by atomic mass is 9.67. The first-order valence-electron chi connectivity index (χ1n) is 21.1. The summed E-state index contributed by atoms with van der Waals surface area (Å²) in [5, 5.41) is 3.10. The Morgan fingerprint density at radius 1 is 0.441 bits per heavy atom. The fraction of sp³-hybridized carbons (Fsp3) is 0.164. The molecule has 4 heteroatoms. The summed E-state index contributed by atoms with van der Waals surface area (Å²) in [4.78, 5) is 10.2. The molecule has 0 bridgehead atoms. The highest BCUT2D eigenvalue weighted by molar-refractivity contribution is 6.14. The van der Waals surface area contributed by atoms with E-state index in [1.165, 1.54) is 87.7 Å². The summed E-state index contributed by atoms with van der Waals surface area (Å²) < 4.78 is 13.3. The van der Waals surface area contributed by atoms with Crippen molar-refractivity contribution >= 4 is 44.0 Å². The van der Waals surface area contributed by atoms with Gasteiger partial charge in [-0.3, -0.25) is 0 Å². The third-order valence-electron chi connectivity index (χ3n) is 14.1. The summed E-state index contributed by atoms with van der Waals surface area (Å²) in [5.74, 6) is 0.654. The van der Waals surface area contributed by atoms with E-state index in [9.17, 15) is 0 Å². The summed E-state index contributed by atoms with van der Waals surface area (Å²) in [6.07, 6.45) is 6.29. The lowest BCUT2D eigenvalue weighted by Crippen LogP contribution is -2.28. The molecule has 3 heterocycles. The molecule has 13 rings (SSSR count). The van der Waals surface area contributed by atoms with Gasteiger partial charge in [-0.1, -0.05) is 130 Å². The Bertz CT molecular complexity index is 3400. The highest BCUT2D eigenvalue weighted by Gasteiger charge is 2.46. The van der Waals surface area contributed by atoms with Crippen LogP contribution in [-0.2, 0) is 10.8 Å². The third kappa shape index (κ3) is 4.55. The molecule has 7 aromatic carbocycles. The molecule has 3 aliphatic carbocycles. The second-order valence-corrected chi connectivity index (χ2v) is 17.6. The zero-order chi connectivity index (χ0) is 39.0. The Kier molecular flexibility index (Phi) is 6.70. The maximum Gasteiger partial charge on any atom is 0.180 e. The van der Waals surface area contributed by atoms with Crippen molar-refractivity contribution in [3.05, 3.63) is 168 Å². The molecule has 0 radical (unpaired) electrons. The van der Waals surface area contributed by atoms with Gasteiger partial charge >= 0.3 is 0 Å². The minimum absolute atomic E-state index is 0.0433. The molecule has 282 valence electrons. The van der Waals surface area contributed by atoms with Crippen molar-refractivity contribution in [3.8, 4) is 56.0 Å². The molecule has 3 aliphatic rings. The van der Waals surface area contributed by atoms with Crippen molar-refractivity contribution in [2.45, 2.75) is 56.8 Å². The Morgan fingerprint density at radius 3 is 2.02 bits per heavy atom. The van der Waals surface area contributed by atoms with E-state index >= 15 is 0 Å². The van der Waals surface area contributed by atoms with E-state index in [2.05, 4.69) is 123 Å². The van der Waals surface area contributed by atoms with Gasteiger partial charge in [0.1, 0.15) is 28.0 Å². The van der Waals surface area contributed by atoms with Crippen LogP contribution in [0, 0.1) is 0 Å². The SMILES string of the molecule is CC1(C)c2ccccc2-c2cc3c(cc21)-c1cc(-c2ccc4oc5c(-c6nc(-c7ccccc7)nc7c6oc6ccccc67)cccc5c4c2)ccc1C31CCCCC1. The second kappa shape index (κ2) is 11.9. The largest absolute Gasteiger partial charge is 0.455 e. The normalized spacial score (nSPS) is 15.9. The molecule has 59 heavy (non-hydrogen) atoms. The van der Waals surface area contributed by atoms with Gasteiger partial charge in [0.2, 0.25) is 0 Å². The van der Waals surface area contributed by atoms with Crippen LogP contribution in [0.1, 0.15) is 68.2 Å². The number of hydrogen-bond acceptors (Lipinski definition) is 4. The van der Waals surface area contributed by atoms with E-state index in [1.54, 1.807) is 0 Å². The highest BCUT2D eigenvalue weighted by Crippen LogP contribution is 2.60. The van der Waals surface area contributed by atoms with E-state index < -0.39 is 0 Å². The van der Waals surface area contributed by atoms with Gasteiger partial charge in [0.15, 0.2) is 11.4 Å². The molecule has 0 amide bonds. The van der Waals surface area contributed by atoms with Crippen molar-refractivity contribution in [3.63, 3.8) is 0 Å². The van der Waals surface area contributed by atoms with Crippen molar-refractivity contribution in [1.29, 1.82) is 0 Å². The summed E-state index contributed by atoms with van der Waals surface area (Å²) in [7, 11) is 0. The zero-order valence-electron chi connectivity index (χ0n) is 33.1. The van der Waals surface area contributed by atoms with Crippen LogP contribution >= 0.6 is 0 Å². The average Bonchev–Trinajstić information content (AvgIpc) is 3.99. The number of aromatic nitrogens is 2. The Hall–Kier alpha value is -6.78. The number of rotatable bonds is 3. The summed E-state index contributed by atoms with van der Waals surface area (Å²) in [6.45, 7) is 4.80. The quantitative estimate of drug-likeness (QED) is 0.180. The van der Waals surface area contributed by atoms with Crippen LogP contribution in [0.25, 0.3) is 100 Å². The van der Waals surface area contributed by atoms with Crippen LogP contribution in [-0.4, -0.2) is 9.97 Å². The fourth-order valence-electron chi connectivity index (χ4n) is 11.2. The molecule has 3 aromatic heterocycles. The summed E-state index contributed by atoms with van der Waals surface area (Å²) in [5.41, 5.74) is 20.5. The minimum atomic E-state index is -0.0433. The topological polar surface area (TPSA) is 52.1 Å². The molecule has 10 aromatic rings. The van der Waals surface area contributed by atoms with Crippen LogP contribution in [0.2, 0.25) is 0 Å². The lowest BCUT2D eigenvalue weighted by Gasteiger charge is -2.36. The molecule has 1 saturated carbocycles. The first-order chi connectivity index (χ1) is 29.0. The molecule has 0 saturated heterocycles.